The fraction of sp³-hybridized carbons (Fsp3) is 1.00. The molecular weight excluding hydrogens is 190 g/mol. The molecule has 0 radical (unpaired) electrons. The normalized spacial score (nSPS) is 16.0. The summed E-state index contributed by atoms with van der Waals surface area (Å²) in [4.78, 5) is 0. The first-order valence-corrected chi connectivity index (χ1v) is 5.94. The van der Waals surface area contributed by atoms with Crippen LogP contribution in [-0.4, -0.2) is 36.5 Å². The van der Waals surface area contributed by atoms with Crippen LogP contribution < -0.4 is 5.32 Å². The Hall–Kier alpha value is -0.120. The van der Waals surface area contributed by atoms with Gasteiger partial charge in [-0.1, -0.05) is 13.8 Å². The molecule has 2 N–H and O–H groups in total. The van der Waals surface area contributed by atoms with Crippen LogP contribution in [0.4, 0.5) is 0 Å². The average molecular weight is 217 g/mol. The van der Waals surface area contributed by atoms with Gasteiger partial charge in [0, 0.05) is 12.6 Å². The van der Waals surface area contributed by atoms with Gasteiger partial charge in [-0.2, -0.15) is 0 Å². The van der Waals surface area contributed by atoms with Gasteiger partial charge in [0.15, 0.2) is 0 Å². The summed E-state index contributed by atoms with van der Waals surface area (Å²) >= 11 is 0. The highest BCUT2D eigenvalue weighted by molar-refractivity contribution is 4.66. The van der Waals surface area contributed by atoms with E-state index < -0.39 is 6.10 Å². The molecule has 15 heavy (non-hydrogen) atoms. The third-order valence-corrected chi connectivity index (χ3v) is 2.15. The van der Waals surface area contributed by atoms with Crippen LogP contribution in [-0.2, 0) is 4.74 Å². The lowest BCUT2D eigenvalue weighted by Gasteiger charge is -2.19. The predicted octanol–water partition coefficient (Wildman–Crippen LogP) is 1.80. The van der Waals surface area contributed by atoms with E-state index in [2.05, 4.69) is 26.1 Å². The Morgan fingerprint density at radius 1 is 1.13 bits per heavy atom. The molecule has 92 valence electrons. The zero-order valence-corrected chi connectivity index (χ0v) is 10.8. The van der Waals surface area contributed by atoms with Crippen molar-refractivity contribution in [2.75, 3.05) is 13.2 Å². The molecular formula is C12H27NO2. The summed E-state index contributed by atoms with van der Waals surface area (Å²) in [5.41, 5.74) is 0. The lowest BCUT2D eigenvalue weighted by molar-refractivity contribution is 0.00544. The number of hydrogen-bond acceptors (Lipinski definition) is 3. The Morgan fingerprint density at radius 2 is 1.73 bits per heavy atom. The first-order chi connectivity index (χ1) is 6.91. The number of ether oxygens (including phenoxy) is 1. The molecule has 0 saturated heterocycles. The molecule has 0 rings (SSSR count). The summed E-state index contributed by atoms with van der Waals surface area (Å²) in [6.45, 7) is 11.5. The second-order valence-corrected chi connectivity index (χ2v) is 4.97. The summed E-state index contributed by atoms with van der Waals surface area (Å²) < 4.78 is 5.33. The zero-order valence-electron chi connectivity index (χ0n) is 10.8. The molecule has 0 bridgehead atoms. The van der Waals surface area contributed by atoms with Gasteiger partial charge in [0.2, 0.25) is 0 Å². The first kappa shape index (κ1) is 14.9. The molecule has 0 aromatic heterocycles. The van der Waals surface area contributed by atoms with Crippen LogP contribution >= 0.6 is 0 Å². The molecule has 0 heterocycles. The summed E-state index contributed by atoms with van der Waals surface area (Å²) in [7, 11) is 0. The van der Waals surface area contributed by atoms with Gasteiger partial charge < -0.3 is 15.2 Å². The summed E-state index contributed by atoms with van der Waals surface area (Å²) in [5, 5.41) is 12.9. The Balaban J connectivity index is 3.48. The monoisotopic (exact) mass is 217 g/mol. The van der Waals surface area contributed by atoms with Crippen molar-refractivity contribution in [3.05, 3.63) is 0 Å². The molecule has 3 nitrogen and oxygen atoms in total. The smallest absolute Gasteiger partial charge is 0.0897 e. The van der Waals surface area contributed by atoms with Crippen LogP contribution in [0, 0.1) is 5.92 Å². The van der Waals surface area contributed by atoms with Gasteiger partial charge in [-0.05, 0) is 33.1 Å². The minimum Gasteiger partial charge on any atom is -0.389 e. The minimum atomic E-state index is -0.401. The molecule has 3 heteroatoms. The number of hydrogen-bond donors (Lipinski definition) is 2. The van der Waals surface area contributed by atoms with E-state index in [1.54, 1.807) is 0 Å². The molecule has 0 spiro atoms. The van der Waals surface area contributed by atoms with E-state index in [-0.39, 0.29) is 6.10 Å². The summed E-state index contributed by atoms with van der Waals surface area (Å²) in [6.07, 6.45) is 0.923. The van der Waals surface area contributed by atoms with Crippen molar-refractivity contribution in [2.24, 2.45) is 5.92 Å². The van der Waals surface area contributed by atoms with Crippen molar-refractivity contribution < 1.29 is 9.84 Å². The molecule has 2 atom stereocenters. The molecule has 0 aromatic rings. The lowest BCUT2D eigenvalue weighted by Crippen LogP contribution is -2.37. The maximum absolute atomic E-state index is 9.59. The topological polar surface area (TPSA) is 41.5 Å². The van der Waals surface area contributed by atoms with E-state index in [1.807, 2.05) is 13.8 Å². The fourth-order valence-electron chi connectivity index (χ4n) is 1.49. The molecule has 0 aliphatic heterocycles. The van der Waals surface area contributed by atoms with Crippen molar-refractivity contribution in [2.45, 2.75) is 59.3 Å². The van der Waals surface area contributed by atoms with Crippen molar-refractivity contribution >= 4 is 0 Å². The van der Waals surface area contributed by atoms with Crippen LogP contribution in [0.25, 0.3) is 0 Å². The summed E-state index contributed by atoms with van der Waals surface area (Å²) in [6, 6.07) is 0.457. The maximum atomic E-state index is 9.59. The Morgan fingerprint density at radius 3 is 2.20 bits per heavy atom. The van der Waals surface area contributed by atoms with Crippen molar-refractivity contribution in [3.63, 3.8) is 0 Å². The highest BCUT2D eigenvalue weighted by Gasteiger charge is 2.09. The van der Waals surface area contributed by atoms with E-state index in [1.165, 1.54) is 0 Å². The van der Waals surface area contributed by atoms with Crippen LogP contribution in [0.2, 0.25) is 0 Å². The fourth-order valence-corrected chi connectivity index (χ4v) is 1.49. The van der Waals surface area contributed by atoms with E-state index in [0.29, 0.717) is 25.1 Å². The number of aliphatic hydroxyl groups is 1. The van der Waals surface area contributed by atoms with Gasteiger partial charge >= 0.3 is 0 Å². The third-order valence-electron chi connectivity index (χ3n) is 2.15. The van der Waals surface area contributed by atoms with Crippen molar-refractivity contribution in [1.82, 2.24) is 5.32 Å². The minimum absolute atomic E-state index is 0.188. The van der Waals surface area contributed by atoms with Crippen LogP contribution in [0.15, 0.2) is 0 Å². The Kier molecular flexibility index (Phi) is 8.02. The Bertz CT molecular complexity index is 149. The van der Waals surface area contributed by atoms with Gasteiger partial charge in [-0.3, -0.25) is 0 Å². The summed E-state index contributed by atoms with van der Waals surface area (Å²) in [5.74, 6) is 0.691. The second-order valence-electron chi connectivity index (χ2n) is 4.97. The number of rotatable bonds is 8. The van der Waals surface area contributed by atoms with Gasteiger partial charge in [-0.25, -0.2) is 0 Å². The molecule has 0 saturated carbocycles. The molecule has 0 fully saturated rings. The average Bonchev–Trinajstić information content (AvgIpc) is 2.10. The molecule has 0 amide bonds. The molecule has 0 aliphatic rings. The van der Waals surface area contributed by atoms with Crippen molar-refractivity contribution in [3.8, 4) is 0 Å². The Labute approximate surface area is 94.2 Å². The first-order valence-electron chi connectivity index (χ1n) is 5.94. The lowest BCUT2D eigenvalue weighted by atomic mass is 10.1. The molecule has 0 aromatic carbocycles. The quantitative estimate of drug-likeness (QED) is 0.651. The van der Waals surface area contributed by atoms with Crippen LogP contribution in [0.1, 0.15) is 41.0 Å². The van der Waals surface area contributed by atoms with E-state index in [0.717, 1.165) is 6.42 Å². The largest absolute Gasteiger partial charge is 0.389 e. The second kappa shape index (κ2) is 8.08. The predicted molar refractivity (Wildman–Crippen MR) is 64.0 cm³/mol. The molecule has 0 aliphatic carbocycles. The maximum Gasteiger partial charge on any atom is 0.0897 e. The number of nitrogens with one attached hydrogen (secondary N) is 1. The van der Waals surface area contributed by atoms with Crippen LogP contribution in [0.5, 0.6) is 0 Å². The van der Waals surface area contributed by atoms with Gasteiger partial charge in [0.25, 0.3) is 0 Å². The van der Waals surface area contributed by atoms with E-state index >= 15 is 0 Å². The van der Waals surface area contributed by atoms with E-state index in [9.17, 15) is 5.11 Å². The molecule has 2 unspecified atom stereocenters. The van der Waals surface area contributed by atoms with Gasteiger partial charge in [-0.15, -0.1) is 0 Å². The highest BCUT2D eigenvalue weighted by atomic mass is 16.5. The number of aliphatic hydroxyl groups excluding tert-OH is 1. The van der Waals surface area contributed by atoms with Crippen LogP contribution in [0.3, 0.4) is 0 Å². The standard InChI is InChI=1S/C12H27NO2/c1-9(2)6-11(5)13-7-12(14)8-15-10(3)4/h9-14H,6-8H2,1-5H3. The zero-order chi connectivity index (χ0) is 11.8. The van der Waals surface area contributed by atoms with Crippen molar-refractivity contribution in [1.29, 1.82) is 0 Å². The van der Waals surface area contributed by atoms with Gasteiger partial charge in [0.05, 0.1) is 18.8 Å². The third kappa shape index (κ3) is 10.2. The highest BCUT2D eigenvalue weighted by Crippen LogP contribution is 2.03. The SMILES string of the molecule is CC(C)CC(C)NCC(O)COC(C)C. The van der Waals surface area contributed by atoms with E-state index in [4.69, 9.17) is 4.74 Å². The van der Waals surface area contributed by atoms with Gasteiger partial charge in [0.1, 0.15) is 0 Å².